The highest BCUT2D eigenvalue weighted by atomic mass is 19.1. The van der Waals surface area contributed by atoms with Gasteiger partial charge in [-0.05, 0) is 42.7 Å². The molecular formula is C21H17F2N3O. The molecule has 1 aromatic heterocycles. The lowest BCUT2D eigenvalue weighted by Gasteiger charge is -2.18. The van der Waals surface area contributed by atoms with Gasteiger partial charge in [-0.3, -0.25) is 9.78 Å². The Bertz CT molecular complexity index is 997. The monoisotopic (exact) mass is 365 g/mol. The Labute approximate surface area is 155 Å². The van der Waals surface area contributed by atoms with Crippen LogP contribution in [0.2, 0.25) is 0 Å². The molecule has 0 bridgehead atoms. The average molecular weight is 365 g/mol. The van der Waals surface area contributed by atoms with Crippen molar-refractivity contribution in [3.8, 4) is 11.3 Å². The third-order valence-electron chi connectivity index (χ3n) is 4.80. The molecule has 4 nitrogen and oxygen atoms in total. The van der Waals surface area contributed by atoms with Crippen molar-refractivity contribution in [3.63, 3.8) is 0 Å². The molecule has 4 rings (SSSR count). The average Bonchev–Trinajstić information content (AvgIpc) is 3.43. The quantitative estimate of drug-likeness (QED) is 0.734. The maximum absolute atomic E-state index is 13.2. The molecule has 1 saturated carbocycles. The summed E-state index contributed by atoms with van der Waals surface area (Å²) in [4.78, 5) is 16.5. The summed E-state index contributed by atoms with van der Waals surface area (Å²) < 4.78 is 26.2. The van der Waals surface area contributed by atoms with Crippen LogP contribution in [0.4, 0.5) is 14.5 Å². The minimum atomic E-state index is -0.478. The first-order valence-electron chi connectivity index (χ1n) is 8.57. The Kier molecular flexibility index (Phi) is 4.11. The van der Waals surface area contributed by atoms with Crippen molar-refractivity contribution in [2.24, 2.45) is 0 Å². The summed E-state index contributed by atoms with van der Waals surface area (Å²) in [6.07, 6.45) is 2.79. The summed E-state index contributed by atoms with van der Waals surface area (Å²) in [6.45, 7) is 0. The molecular weight excluding hydrogens is 348 g/mol. The zero-order chi connectivity index (χ0) is 19.0. The van der Waals surface area contributed by atoms with Gasteiger partial charge in [-0.15, -0.1) is 0 Å². The van der Waals surface area contributed by atoms with Gasteiger partial charge in [0.1, 0.15) is 11.6 Å². The predicted molar refractivity (Wildman–Crippen MR) is 98.8 cm³/mol. The van der Waals surface area contributed by atoms with Crippen LogP contribution >= 0.6 is 0 Å². The molecule has 0 atom stereocenters. The Hall–Kier alpha value is -3.28. The fraction of sp³-hybridized carbons (Fsp3) is 0.143. The first-order chi connectivity index (χ1) is 13.0. The first kappa shape index (κ1) is 17.1. The molecule has 27 heavy (non-hydrogen) atoms. The largest absolute Gasteiger partial charge is 0.397 e. The summed E-state index contributed by atoms with van der Waals surface area (Å²) in [5.74, 6) is -1.09. The zero-order valence-electron chi connectivity index (χ0n) is 14.4. The van der Waals surface area contributed by atoms with Gasteiger partial charge in [0, 0.05) is 17.2 Å². The number of amides is 1. The summed E-state index contributed by atoms with van der Waals surface area (Å²) in [5, 5.41) is 3.05. The normalized spacial score (nSPS) is 14.6. The van der Waals surface area contributed by atoms with E-state index in [4.69, 9.17) is 5.73 Å². The van der Waals surface area contributed by atoms with Crippen molar-refractivity contribution in [3.05, 3.63) is 83.6 Å². The highest BCUT2D eigenvalue weighted by Gasteiger charge is 2.45. The van der Waals surface area contributed by atoms with E-state index in [-0.39, 0.29) is 17.4 Å². The second-order valence-corrected chi connectivity index (χ2v) is 6.71. The van der Waals surface area contributed by atoms with E-state index in [0.717, 1.165) is 30.2 Å². The van der Waals surface area contributed by atoms with E-state index in [1.807, 2.05) is 24.3 Å². The van der Waals surface area contributed by atoms with Gasteiger partial charge in [-0.25, -0.2) is 8.78 Å². The zero-order valence-corrected chi connectivity index (χ0v) is 14.4. The van der Waals surface area contributed by atoms with Gasteiger partial charge in [0.25, 0.3) is 5.91 Å². The molecule has 1 fully saturated rings. The second kappa shape index (κ2) is 6.46. The molecule has 3 N–H and O–H groups in total. The van der Waals surface area contributed by atoms with Crippen LogP contribution in [0.15, 0.2) is 60.8 Å². The number of pyridine rings is 1. The van der Waals surface area contributed by atoms with Gasteiger partial charge in [0.15, 0.2) is 0 Å². The Morgan fingerprint density at radius 3 is 2.26 bits per heavy atom. The smallest absolute Gasteiger partial charge is 0.251 e. The number of hydrogen-bond donors (Lipinski definition) is 2. The van der Waals surface area contributed by atoms with Gasteiger partial charge < -0.3 is 11.1 Å². The lowest BCUT2D eigenvalue weighted by Crippen LogP contribution is -2.34. The van der Waals surface area contributed by atoms with E-state index in [9.17, 15) is 13.6 Å². The summed E-state index contributed by atoms with van der Waals surface area (Å²) in [7, 11) is 0. The standard InChI is InChI=1S/C21H17F2N3O/c22-16-7-3-14(4-8-16)20(27)26-21(9-10-21)15-5-1-13(2-6-15)19-18(24)11-17(23)12-25-19/h1-8,11-12H,9-10,24H2,(H,26,27). The second-order valence-electron chi connectivity index (χ2n) is 6.71. The number of hydrogen-bond acceptors (Lipinski definition) is 3. The number of nitrogen functional groups attached to an aromatic ring is 1. The van der Waals surface area contributed by atoms with Crippen molar-refractivity contribution >= 4 is 11.6 Å². The number of rotatable bonds is 4. The Morgan fingerprint density at radius 1 is 1.00 bits per heavy atom. The van der Waals surface area contributed by atoms with E-state index >= 15 is 0 Å². The number of nitrogens with zero attached hydrogens (tertiary/aromatic N) is 1. The summed E-state index contributed by atoms with van der Waals surface area (Å²) in [6, 6.07) is 14.2. The molecule has 136 valence electrons. The molecule has 1 aliphatic rings. The molecule has 3 aromatic rings. The van der Waals surface area contributed by atoms with Crippen LogP contribution in [-0.2, 0) is 5.54 Å². The Morgan fingerprint density at radius 2 is 1.67 bits per heavy atom. The molecule has 0 aliphatic heterocycles. The van der Waals surface area contributed by atoms with Gasteiger partial charge in [0.2, 0.25) is 0 Å². The van der Waals surface area contributed by atoms with Gasteiger partial charge in [-0.1, -0.05) is 24.3 Å². The highest BCUT2D eigenvalue weighted by molar-refractivity contribution is 5.95. The van der Waals surface area contributed by atoms with E-state index in [1.54, 1.807) is 0 Å². The minimum Gasteiger partial charge on any atom is -0.397 e. The number of anilines is 1. The fourth-order valence-electron chi connectivity index (χ4n) is 3.14. The lowest BCUT2D eigenvalue weighted by atomic mass is 10.0. The molecule has 1 heterocycles. The lowest BCUT2D eigenvalue weighted by molar-refractivity contribution is 0.0931. The van der Waals surface area contributed by atoms with Gasteiger partial charge >= 0.3 is 0 Å². The number of benzene rings is 2. The number of halogens is 2. The van der Waals surface area contributed by atoms with E-state index < -0.39 is 11.4 Å². The molecule has 0 spiro atoms. The van der Waals surface area contributed by atoms with Gasteiger partial charge in [-0.2, -0.15) is 0 Å². The van der Waals surface area contributed by atoms with Crippen molar-refractivity contribution in [2.45, 2.75) is 18.4 Å². The number of nitrogens with two attached hydrogens (primary N) is 1. The SMILES string of the molecule is Nc1cc(F)cnc1-c1ccc(C2(NC(=O)c3ccc(F)cc3)CC2)cc1. The topological polar surface area (TPSA) is 68.0 Å². The van der Waals surface area contributed by atoms with Crippen LogP contribution in [0.25, 0.3) is 11.3 Å². The summed E-state index contributed by atoms with van der Waals surface area (Å²) >= 11 is 0. The third kappa shape index (κ3) is 3.38. The maximum atomic E-state index is 13.2. The molecule has 1 amide bonds. The van der Waals surface area contributed by atoms with Crippen LogP contribution in [0.3, 0.4) is 0 Å². The third-order valence-corrected chi connectivity index (χ3v) is 4.80. The highest BCUT2D eigenvalue weighted by Crippen LogP contribution is 2.46. The van der Waals surface area contributed by atoms with Crippen molar-refractivity contribution in [2.75, 3.05) is 5.73 Å². The molecule has 2 aromatic carbocycles. The fourth-order valence-corrected chi connectivity index (χ4v) is 3.14. The maximum Gasteiger partial charge on any atom is 0.251 e. The number of nitrogens with one attached hydrogen (secondary N) is 1. The minimum absolute atomic E-state index is 0.235. The predicted octanol–water partition coefficient (Wildman–Crippen LogP) is 4.03. The molecule has 6 heteroatoms. The van der Waals surface area contributed by atoms with Crippen molar-refractivity contribution in [1.29, 1.82) is 0 Å². The number of carbonyl (C=O) groups excluding carboxylic acids is 1. The van der Waals surface area contributed by atoms with E-state index in [2.05, 4.69) is 10.3 Å². The summed E-state index contributed by atoms with van der Waals surface area (Å²) in [5.41, 5.74) is 8.39. The molecule has 0 saturated heterocycles. The first-order valence-corrected chi connectivity index (χ1v) is 8.57. The number of aromatic nitrogens is 1. The van der Waals surface area contributed by atoms with Crippen LogP contribution in [0.1, 0.15) is 28.8 Å². The van der Waals surface area contributed by atoms with Crippen LogP contribution < -0.4 is 11.1 Å². The molecule has 0 unspecified atom stereocenters. The van der Waals surface area contributed by atoms with E-state index in [1.165, 1.54) is 30.3 Å². The van der Waals surface area contributed by atoms with Crippen LogP contribution in [-0.4, -0.2) is 10.9 Å². The number of carbonyl (C=O) groups is 1. The van der Waals surface area contributed by atoms with Crippen molar-refractivity contribution < 1.29 is 13.6 Å². The Balaban J connectivity index is 1.54. The molecule has 0 radical (unpaired) electrons. The van der Waals surface area contributed by atoms with Crippen molar-refractivity contribution in [1.82, 2.24) is 10.3 Å². The van der Waals surface area contributed by atoms with Crippen LogP contribution in [0, 0.1) is 11.6 Å². The van der Waals surface area contributed by atoms with Gasteiger partial charge in [0.05, 0.1) is 23.1 Å². The van der Waals surface area contributed by atoms with E-state index in [0.29, 0.717) is 11.3 Å². The molecule has 1 aliphatic carbocycles. The van der Waals surface area contributed by atoms with Crippen LogP contribution in [0.5, 0.6) is 0 Å².